The highest BCUT2D eigenvalue weighted by molar-refractivity contribution is 5.93. The molecule has 1 aromatic heterocycles. The average molecular weight is 376 g/mol. The minimum atomic E-state index is -0.254. The molecule has 1 heterocycles. The molecule has 0 saturated carbocycles. The van der Waals surface area contributed by atoms with Crippen LogP contribution in [0.5, 0.6) is 0 Å². The van der Waals surface area contributed by atoms with E-state index in [4.69, 9.17) is 4.74 Å². The van der Waals surface area contributed by atoms with Crippen molar-refractivity contribution in [3.8, 4) is 11.4 Å². The van der Waals surface area contributed by atoms with Crippen LogP contribution in [0.4, 0.5) is 5.82 Å². The van der Waals surface area contributed by atoms with E-state index in [0.717, 1.165) is 11.1 Å². The summed E-state index contributed by atoms with van der Waals surface area (Å²) in [6.45, 7) is 3.54. The molecule has 6 heteroatoms. The zero-order chi connectivity index (χ0) is 19.8. The molecule has 2 N–H and O–H groups in total. The number of ether oxygens (including phenoxy) is 1. The Hall–Kier alpha value is -3.25. The van der Waals surface area contributed by atoms with Gasteiger partial charge >= 0.3 is 0 Å². The fourth-order valence-corrected chi connectivity index (χ4v) is 2.74. The van der Waals surface area contributed by atoms with Gasteiger partial charge in [-0.05, 0) is 12.5 Å². The monoisotopic (exact) mass is 376 g/mol. The van der Waals surface area contributed by atoms with Gasteiger partial charge in [0.1, 0.15) is 11.5 Å². The molecule has 1 amide bonds. The minimum absolute atomic E-state index is 0.254. The highest BCUT2D eigenvalue weighted by atomic mass is 16.5. The number of carbonyl (C=O) groups excluding carboxylic acids is 1. The summed E-state index contributed by atoms with van der Waals surface area (Å²) >= 11 is 0. The van der Waals surface area contributed by atoms with Crippen LogP contribution >= 0.6 is 0 Å². The highest BCUT2D eigenvalue weighted by Gasteiger charge is 2.13. The molecule has 3 aromatic rings. The van der Waals surface area contributed by atoms with Crippen molar-refractivity contribution in [2.45, 2.75) is 13.5 Å². The molecule has 144 valence electrons. The number of carbonyl (C=O) groups is 1. The van der Waals surface area contributed by atoms with Crippen molar-refractivity contribution in [2.75, 3.05) is 25.6 Å². The Bertz CT molecular complexity index is 929. The van der Waals surface area contributed by atoms with Crippen LogP contribution in [0.15, 0.2) is 60.7 Å². The SMILES string of the molecule is COCCNC(=O)c1cc(NCc2cccc(C)c2)nc(-c2ccccc2)n1. The average Bonchev–Trinajstić information content (AvgIpc) is 2.73. The van der Waals surface area contributed by atoms with Crippen LogP contribution in [0.2, 0.25) is 0 Å². The van der Waals surface area contributed by atoms with E-state index >= 15 is 0 Å². The first-order valence-electron chi connectivity index (χ1n) is 9.17. The summed E-state index contributed by atoms with van der Waals surface area (Å²) in [5.41, 5.74) is 3.51. The van der Waals surface area contributed by atoms with Crippen molar-refractivity contribution in [1.29, 1.82) is 0 Å². The van der Waals surface area contributed by atoms with Crippen LogP contribution in [0.3, 0.4) is 0 Å². The molecule has 0 bridgehead atoms. The number of amides is 1. The van der Waals surface area contributed by atoms with E-state index in [1.54, 1.807) is 13.2 Å². The van der Waals surface area contributed by atoms with Gasteiger partial charge in [0.25, 0.3) is 5.91 Å². The molecule has 0 fully saturated rings. The predicted octanol–water partition coefficient (Wildman–Crippen LogP) is 3.44. The van der Waals surface area contributed by atoms with Crippen molar-refractivity contribution in [3.05, 3.63) is 77.5 Å². The van der Waals surface area contributed by atoms with Gasteiger partial charge in [0.2, 0.25) is 0 Å². The van der Waals surface area contributed by atoms with E-state index in [1.807, 2.05) is 36.4 Å². The first kappa shape index (κ1) is 19.5. The lowest BCUT2D eigenvalue weighted by Gasteiger charge is -2.11. The van der Waals surface area contributed by atoms with Gasteiger partial charge in [0.15, 0.2) is 5.82 Å². The normalized spacial score (nSPS) is 10.5. The molecular weight excluding hydrogens is 352 g/mol. The summed E-state index contributed by atoms with van der Waals surface area (Å²) in [5, 5.41) is 6.11. The van der Waals surface area contributed by atoms with Crippen LogP contribution in [0.1, 0.15) is 21.6 Å². The van der Waals surface area contributed by atoms with Crippen molar-refractivity contribution in [1.82, 2.24) is 15.3 Å². The van der Waals surface area contributed by atoms with Gasteiger partial charge in [0, 0.05) is 31.8 Å². The number of methoxy groups -OCH3 is 1. The number of benzene rings is 2. The highest BCUT2D eigenvalue weighted by Crippen LogP contribution is 2.18. The molecule has 0 aliphatic carbocycles. The molecule has 0 radical (unpaired) electrons. The van der Waals surface area contributed by atoms with Gasteiger partial charge in [-0.3, -0.25) is 4.79 Å². The minimum Gasteiger partial charge on any atom is -0.383 e. The molecular formula is C22H24N4O2. The standard InChI is InChI=1S/C22H24N4O2/c1-16-7-6-8-17(13-16)15-24-20-14-19(22(27)23-11-12-28-2)25-21(26-20)18-9-4-3-5-10-18/h3-10,13-14H,11-12,15H2,1-2H3,(H,23,27)(H,24,25,26). The zero-order valence-corrected chi connectivity index (χ0v) is 16.1. The maximum atomic E-state index is 12.5. The molecule has 6 nitrogen and oxygen atoms in total. The number of aryl methyl sites for hydroxylation is 1. The Morgan fingerprint density at radius 1 is 1.04 bits per heavy atom. The van der Waals surface area contributed by atoms with Crippen LogP contribution in [-0.4, -0.2) is 36.1 Å². The summed E-state index contributed by atoms with van der Waals surface area (Å²) in [5.74, 6) is 0.856. The molecule has 0 atom stereocenters. The van der Waals surface area contributed by atoms with Crippen LogP contribution in [-0.2, 0) is 11.3 Å². The first-order valence-corrected chi connectivity index (χ1v) is 9.17. The Kier molecular flexibility index (Phi) is 6.70. The smallest absolute Gasteiger partial charge is 0.270 e. The van der Waals surface area contributed by atoms with E-state index in [-0.39, 0.29) is 5.91 Å². The van der Waals surface area contributed by atoms with Gasteiger partial charge in [-0.15, -0.1) is 0 Å². The maximum Gasteiger partial charge on any atom is 0.270 e. The number of anilines is 1. The number of nitrogens with one attached hydrogen (secondary N) is 2. The number of aromatic nitrogens is 2. The van der Waals surface area contributed by atoms with Crippen molar-refractivity contribution < 1.29 is 9.53 Å². The second-order valence-corrected chi connectivity index (χ2v) is 6.42. The summed E-state index contributed by atoms with van der Waals surface area (Å²) in [6, 6.07) is 19.5. The van der Waals surface area contributed by atoms with Gasteiger partial charge in [-0.1, -0.05) is 60.2 Å². The summed E-state index contributed by atoms with van der Waals surface area (Å²) < 4.78 is 4.98. The third kappa shape index (κ3) is 5.37. The Balaban J connectivity index is 1.85. The summed E-state index contributed by atoms with van der Waals surface area (Å²) in [6.07, 6.45) is 0. The van der Waals surface area contributed by atoms with Gasteiger partial charge in [0.05, 0.1) is 6.61 Å². The third-order valence-electron chi connectivity index (χ3n) is 4.14. The summed E-state index contributed by atoms with van der Waals surface area (Å²) in [4.78, 5) is 21.5. The lowest BCUT2D eigenvalue weighted by Crippen LogP contribution is -2.28. The van der Waals surface area contributed by atoms with Crippen LogP contribution < -0.4 is 10.6 Å². The molecule has 2 aromatic carbocycles. The van der Waals surface area contributed by atoms with E-state index < -0.39 is 0 Å². The van der Waals surface area contributed by atoms with Crippen molar-refractivity contribution >= 4 is 11.7 Å². The largest absolute Gasteiger partial charge is 0.383 e. The van der Waals surface area contributed by atoms with E-state index in [9.17, 15) is 4.79 Å². The Labute approximate surface area is 165 Å². The van der Waals surface area contributed by atoms with Gasteiger partial charge in [-0.25, -0.2) is 9.97 Å². The van der Waals surface area contributed by atoms with Gasteiger partial charge in [-0.2, -0.15) is 0 Å². The van der Waals surface area contributed by atoms with E-state index in [2.05, 4.69) is 45.7 Å². The first-order chi connectivity index (χ1) is 13.7. The third-order valence-corrected chi connectivity index (χ3v) is 4.14. The quantitative estimate of drug-likeness (QED) is 0.589. The Morgan fingerprint density at radius 2 is 1.86 bits per heavy atom. The lowest BCUT2D eigenvalue weighted by molar-refractivity contribution is 0.0932. The molecule has 0 aliphatic heterocycles. The fourth-order valence-electron chi connectivity index (χ4n) is 2.74. The molecule has 0 aliphatic rings. The van der Waals surface area contributed by atoms with Crippen molar-refractivity contribution in [2.24, 2.45) is 0 Å². The number of hydrogen-bond acceptors (Lipinski definition) is 5. The zero-order valence-electron chi connectivity index (χ0n) is 16.1. The van der Waals surface area contributed by atoms with Crippen LogP contribution in [0, 0.1) is 6.92 Å². The fraction of sp³-hybridized carbons (Fsp3) is 0.227. The second kappa shape index (κ2) is 9.62. The molecule has 0 unspecified atom stereocenters. The molecule has 3 rings (SSSR count). The van der Waals surface area contributed by atoms with E-state index in [0.29, 0.717) is 37.0 Å². The molecule has 0 spiro atoms. The molecule has 28 heavy (non-hydrogen) atoms. The van der Waals surface area contributed by atoms with Crippen molar-refractivity contribution in [3.63, 3.8) is 0 Å². The predicted molar refractivity (Wildman–Crippen MR) is 110 cm³/mol. The lowest BCUT2D eigenvalue weighted by atomic mass is 10.1. The summed E-state index contributed by atoms with van der Waals surface area (Å²) in [7, 11) is 1.59. The number of hydrogen-bond donors (Lipinski definition) is 2. The van der Waals surface area contributed by atoms with Crippen LogP contribution in [0.25, 0.3) is 11.4 Å². The Morgan fingerprint density at radius 3 is 2.61 bits per heavy atom. The van der Waals surface area contributed by atoms with E-state index in [1.165, 1.54) is 5.56 Å². The number of nitrogens with zero attached hydrogens (tertiary/aromatic N) is 2. The second-order valence-electron chi connectivity index (χ2n) is 6.42. The maximum absolute atomic E-state index is 12.5. The topological polar surface area (TPSA) is 76.1 Å². The molecule has 0 saturated heterocycles. The number of rotatable bonds is 8. The van der Waals surface area contributed by atoms with Gasteiger partial charge < -0.3 is 15.4 Å².